The Morgan fingerprint density at radius 1 is 1.24 bits per heavy atom. The van der Waals surface area contributed by atoms with Gasteiger partial charge < -0.3 is 10.2 Å². The van der Waals surface area contributed by atoms with Gasteiger partial charge in [0.1, 0.15) is 23.5 Å². The second-order valence-corrected chi connectivity index (χ2v) is 4.04. The summed E-state index contributed by atoms with van der Waals surface area (Å²) in [5.74, 6) is 0. The van der Waals surface area contributed by atoms with Crippen molar-refractivity contribution in [3.63, 3.8) is 0 Å². The van der Waals surface area contributed by atoms with Gasteiger partial charge in [0.15, 0.2) is 0 Å². The Labute approximate surface area is 98.9 Å². The van der Waals surface area contributed by atoms with Gasteiger partial charge in [-0.25, -0.2) is 4.90 Å². The molecule has 0 aliphatic heterocycles. The first-order chi connectivity index (χ1) is 8.09. The summed E-state index contributed by atoms with van der Waals surface area (Å²) in [5.41, 5.74) is 2.45. The molecule has 0 amide bonds. The second-order valence-electron chi connectivity index (χ2n) is 4.04. The van der Waals surface area contributed by atoms with E-state index < -0.39 is 12.5 Å². The Hall–Kier alpha value is -1.50. The maximum absolute atomic E-state index is 9.59. The van der Waals surface area contributed by atoms with E-state index in [1.807, 2.05) is 18.2 Å². The van der Waals surface area contributed by atoms with Crippen LogP contribution in [0.2, 0.25) is 0 Å². The largest absolute Gasteiger partial charge is 0.379 e. The first-order valence-electron chi connectivity index (χ1n) is 5.50. The molecule has 0 spiro atoms. The predicted octanol–water partition coefficient (Wildman–Crippen LogP) is 0.436. The number of hydrogen-bond acceptors (Lipinski definition) is 5. The van der Waals surface area contributed by atoms with Crippen molar-refractivity contribution in [1.82, 2.24) is 20.3 Å². The molecule has 0 bridgehead atoms. The minimum atomic E-state index is -0.725. The summed E-state index contributed by atoms with van der Waals surface area (Å²) in [5, 5.41) is 29.8. The van der Waals surface area contributed by atoms with Crippen LogP contribution in [0, 0.1) is 0 Å². The Bertz CT molecular complexity index is 487. The molecule has 17 heavy (non-hydrogen) atoms. The number of fused-ring (bicyclic) bond motifs is 1. The summed E-state index contributed by atoms with van der Waals surface area (Å²) in [4.78, 5) is 1.56. The number of nitrogens with zero attached hydrogens (tertiary/aromatic N) is 3. The first-order valence-corrected chi connectivity index (χ1v) is 5.50. The number of para-hydroxylation sites is 1. The van der Waals surface area contributed by atoms with E-state index in [1.54, 1.807) is 18.7 Å². The van der Waals surface area contributed by atoms with E-state index in [1.165, 1.54) is 0 Å². The molecule has 1 aromatic heterocycles. The third kappa shape index (κ3) is 2.44. The van der Waals surface area contributed by atoms with E-state index in [4.69, 9.17) is 0 Å². The number of rotatable bonds is 4. The third-order valence-corrected chi connectivity index (χ3v) is 2.74. The summed E-state index contributed by atoms with van der Waals surface area (Å²) in [7, 11) is 0. The summed E-state index contributed by atoms with van der Waals surface area (Å²) in [6.07, 6.45) is -1.45. The lowest BCUT2D eigenvalue weighted by Crippen LogP contribution is -2.39. The molecule has 0 aliphatic carbocycles. The fourth-order valence-corrected chi connectivity index (χ4v) is 1.83. The average Bonchev–Trinajstić information content (AvgIpc) is 2.73. The van der Waals surface area contributed by atoms with Crippen molar-refractivity contribution < 1.29 is 10.2 Å². The first kappa shape index (κ1) is 12.0. The number of aromatic nitrogens is 3. The van der Waals surface area contributed by atoms with Gasteiger partial charge in [-0.2, -0.15) is 15.4 Å². The van der Waals surface area contributed by atoms with Crippen LogP contribution < -0.4 is 0 Å². The summed E-state index contributed by atoms with van der Waals surface area (Å²) >= 11 is 0. The fraction of sp³-hybridized carbons (Fsp3) is 0.455. The van der Waals surface area contributed by atoms with Gasteiger partial charge in [0.2, 0.25) is 0 Å². The van der Waals surface area contributed by atoms with Crippen LogP contribution >= 0.6 is 0 Å². The van der Waals surface area contributed by atoms with Crippen molar-refractivity contribution in [2.75, 3.05) is 0 Å². The van der Waals surface area contributed by atoms with Gasteiger partial charge in [-0.1, -0.05) is 12.1 Å². The zero-order valence-electron chi connectivity index (χ0n) is 9.83. The minimum absolute atomic E-state index is 0.416. The van der Waals surface area contributed by atoms with Crippen LogP contribution in [-0.4, -0.2) is 43.0 Å². The molecule has 0 saturated carbocycles. The molecule has 1 aromatic carbocycles. The molecule has 2 rings (SSSR count). The molecule has 92 valence electrons. The van der Waals surface area contributed by atoms with E-state index >= 15 is 0 Å². The van der Waals surface area contributed by atoms with Crippen molar-refractivity contribution in [3.05, 3.63) is 23.8 Å². The maximum Gasteiger partial charge on any atom is 0.117 e. The molecule has 2 unspecified atom stereocenters. The predicted molar refractivity (Wildman–Crippen MR) is 62.8 cm³/mol. The number of nitrogens with one attached hydrogen (secondary N) is 1. The Morgan fingerprint density at radius 3 is 2.59 bits per heavy atom. The number of benzene rings is 1. The molecule has 2 aromatic rings. The van der Waals surface area contributed by atoms with Gasteiger partial charge in [0.25, 0.3) is 0 Å². The summed E-state index contributed by atoms with van der Waals surface area (Å²) < 4.78 is 0. The van der Waals surface area contributed by atoms with Gasteiger partial charge >= 0.3 is 0 Å². The van der Waals surface area contributed by atoms with E-state index in [0.717, 1.165) is 16.6 Å². The number of hydrogen-bond donors (Lipinski definition) is 3. The highest BCUT2D eigenvalue weighted by Crippen LogP contribution is 2.17. The normalized spacial score (nSPS) is 15.4. The molecule has 0 aliphatic rings. The van der Waals surface area contributed by atoms with Crippen molar-refractivity contribution >= 4 is 11.0 Å². The highest BCUT2D eigenvalue weighted by atomic mass is 16.3. The summed E-state index contributed by atoms with van der Waals surface area (Å²) in [6, 6.07) is 5.64. The molecular weight excluding hydrogens is 220 g/mol. The Balaban J connectivity index is 2.31. The maximum atomic E-state index is 9.59. The Morgan fingerprint density at radius 2 is 1.94 bits per heavy atom. The van der Waals surface area contributed by atoms with Gasteiger partial charge in [-0.15, -0.1) is 0 Å². The molecular formula is C11H16N4O2. The second kappa shape index (κ2) is 4.79. The highest BCUT2D eigenvalue weighted by molar-refractivity contribution is 5.77. The van der Waals surface area contributed by atoms with Crippen molar-refractivity contribution in [1.29, 1.82) is 0 Å². The van der Waals surface area contributed by atoms with Crippen molar-refractivity contribution in [2.45, 2.75) is 32.8 Å². The summed E-state index contributed by atoms with van der Waals surface area (Å²) in [6.45, 7) is 3.66. The third-order valence-electron chi connectivity index (χ3n) is 2.74. The Kier molecular flexibility index (Phi) is 3.37. The fourth-order valence-electron chi connectivity index (χ4n) is 1.83. The molecule has 2 atom stereocenters. The SMILES string of the molecule is CC(O)N(Cc1cccc2n[nH]nc12)C(C)O. The van der Waals surface area contributed by atoms with Crippen LogP contribution in [0.25, 0.3) is 11.0 Å². The number of aliphatic hydroxyl groups excluding tert-OH is 2. The van der Waals surface area contributed by atoms with Crippen LogP contribution in [0.3, 0.4) is 0 Å². The lowest BCUT2D eigenvalue weighted by Gasteiger charge is -2.28. The lowest BCUT2D eigenvalue weighted by molar-refractivity contribution is -0.0895. The quantitative estimate of drug-likeness (QED) is 0.671. The standard InChI is InChI=1S/C11H16N4O2/c1-7(16)15(8(2)17)6-9-4-3-5-10-11(9)13-14-12-10/h3-5,7-8,16-17H,6H2,1-2H3,(H,12,13,14). The van der Waals surface area contributed by atoms with Gasteiger partial charge in [-0.3, -0.25) is 0 Å². The van der Waals surface area contributed by atoms with Gasteiger partial charge in [-0.05, 0) is 25.5 Å². The topological polar surface area (TPSA) is 85.3 Å². The molecule has 3 N–H and O–H groups in total. The average molecular weight is 236 g/mol. The molecule has 0 fully saturated rings. The van der Waals surface area contributed by atoms with E-state index in [9.17, 15) is 10.2 Å². The van der Waals surface area contributed by atoms with Crippen LogP contribution in [0.15, 0.2) is 18.2 Å². The zero-order chi connectivity index (χ0) is 12.4. The molecule has 6 nitrogen and oxygen atoms in total. The molecule has 0 radical (unpaired) electrons. The van der Waals surface area contributed by atoms with Gasteiger partial charge in [0.05, 0.1) is 0 Å². The smallest absolute Gasteiger partial charge is 0.117 e. The molecule has 1 heterocycles. The van der Waals surface area contributed by atoms with Gasteiger partial charge in [0, 0.05) is 6.54 Å². The van der Waals surface area contributed by atoms with E-state index in [-0.39, 0.29) is 0 Å². The van der Waals surface area contributed by atoms with Crippen LogP contribution in [0.4, 0.5) is 0 Å². The van der Waals surface area contributed by atoms with Crippen molar-refractivity contribution in [3.8, 4) is 0 Å². The van der Waals surface area contributed by atoms with Crippen LogP contribution in [0.5, 0.6) is 0 Å². The van der Waals surface area contributed by atoms with Crippen LogP contribution in [0.1, 0.15) is 19.4 Å². The van der Waals surface area contributed by atoms with Crippen molar-refractivity contribution in [2.24, 2.45) is 0 Å². The number of H-pyrrole nitrogens is 1. The zero-order valence-corrected chi connectivity index (χ0v) is 9.83. The van der Waals surface area contributed by atoms with Crippen LogP contribution in [-0.2, 0) is 6.54 Å². The van der Waals surface area contributed by atoms with E-state index in [2.05, 4.69) is 15.4 Å². The monoisotopic (exact) mass is 236 g/mol. The number of aromatic amines is 1. The lowest BCUT2D eigenvalue weighted by atomic mass is 10.1. The molecule has 0 saturated heterocycles. The highest BCUT2D eigenvalue weighted by Gasteiger charge is 2.18. The minimum Gasteiger partial charge on any atom is -0.379 e. The molecule has 6 heteroatoms. The number of aliphatic hydroxyl groups is 2. The van der Waals surface area contributed by atoms with E-state index in [0.29, 0.717) is 6.54 Å².